The number of pyridine rings is 1. The summed E-state index contributed by atoms with van der Waals surface area (Å²) in [6, 6.07) is 22.6. The number of ether oxygens (including phenoxy) is 3. The molecule has 0 saturated heterocycles. The van der Waals surface area contributed by atoms with Crippen LogP contribution in [0, 0.1) is 5.41 Å². The van der Waals surface area contributed by atoms with Gasteiger partial charge in [0.1, 0.15) is 18.1 Å². The maximum absolute atomic E-state index is 12.2. The van der Waals surface area contributed by atoms with Gasteiger partial charge in [-0.15, -0.1) is 0 Å². The van der Waals surface area contributed by atoms with Crippen molar-refractivity contribution >= 4 is 22.6 Å². The molecule has 0 aliphatic heterocycles. The molecule has 1 aromatic heterocycles. The van der Waals surface area contributed by atoms with E-state index in [1.807, 2.05) is 30.3 Å². The highest BCUT2D eigenvalue weighted by Gasteiger charge is 2.14. The largest absolute Gasteiger partial charge is 0.493 e. The summed E-state index contributed by atoms with van der Waals surface area (Å²) >= 11 is 0. The summed E-state index contributed by atoms with van der Waals surface area (Å²) in [5.41, 5.74) is 2.71. The number of hydrogen-bond acceptors (Lipinski definition) is 7. The first-order valence-electron chi connectivity index (χ1n) is 14.5. The van der Waals surface area contributed by atoms with Crippen LogP contribution >= 0.6 is 0 Å². The molecule has 3 aromatic carbocycles. The molecular formula is C34H42N4O5. The van der Waals surface area contributed by atoms with Gasteiger partial charge in [-0.05, 0) is 53.8 Å². The number of carbonyl (C=O) groups excluding carboxylic acids is 1. The Morgan fingerprint density at radius 2 is 1.72 bits per heavy atom. The Hall–Kier alpha value is -4.34. The summed E-state index contributed by atoms with van der Waals surface area (Å²) in [7, 11) is 1.60. The third-order valence-corrected chi connectivity index (χ3v) is 6.82. The van der Waals surface area contributed by atoms with Crippen molar-refractivity contribution in [2.45, 2.75) is 33.7 Å². The fourth-order valence-corrected chi connectivity index (χ4v) is 4.49. The molecule has 0 radical (unpaired) electrons. The molecule has 0 bridgehead atoms. The van der Waals surface area contributed by atoms with Crippen LogP contribution in [0.1, 0.15) is 32.8 Å². The van der Waals surface area contributed by atoms with E-state index < -0.39 is 0 Å². The molecule has 0 fully saturated rings. The lowest BCUT2D eigenvalue weighted by Crippen LogP contribution is -2.31. The SMILES string of the molecule is COc1cc2c(Oc3ccc(NC(=O)NCCC(C)(C)C)cc3)ccnc2cc1OCCN(CCO)Cc1ccccc1. The van der Waals surface area contributed by atoms with Gasteiger partial charge in [0, 0.05) is 49.5 Å². The number of methoxy groups -OCH3 is 1. The number of rotatable bonds is 14. The summed E-state index contributed by atoms with van der Waals surface area (Å²) in [6.07, 6.45) is 2.58. The lowest BCUT2D eigenvalue weighted by Gasteiger charge is -2.22. The highest BCUT2D eigenvalue weighted by molar-refractivity contribution is 5.89. The summed E-state index contributed by atoms with van der Waals surface area (Å²) in [4.78, 5) is 18.9. The minimum atomic E-state index is -0.236. The number of hydrogen-bond donors (Lipinski definition) is 3. The quantitative estimate of drug-likeness (QED) is 0.156. The summed E-state index contributed by atoms with van der Waals surface area (Å²) in [5.74, 6) is 2.39. The van der Waals surface area contributed by atoms with Crippen LogP contribution in [0.15, 0.2) is 79.0 Å². The van der Waals surface area contributed by atoms with Gasteiger partial charge in [0.25, 0.3) is 0 Å². The molecule has 0 aliphatic carbocycles. The zero-order chi connectivity index (χ0) is 30.7. The van der Waals surface area contributed by atoms with Crippen molar-refractivity contribution in [2.75, 3.05) is 45.3 Å². The number of aromatic nitrogens is 1. The fourth-order valence-electron chi connectivity index (χ4n) is 4.49. The fraction of sp³-hybridized carbons (Fsp3) is 0.353. The summed E-state index contributed by atoms with van der Waals surface area (Å²) < 4.78 is 18.0. The van der Waals surface area contributed by atoms with E-state index in [0.717, 1.165) is 18.4 Å². The van der Waals surface area contributed by atoms with Crippen molar-refractivity contribution in [2.24, 2.45) is 5.41 Å². The van der Waals surface area contributed by atoms with Crippen molar-refractivity contribution < 1.29 is 24.1 Å². The molecule has 4 rings (SSSR count). The van der Waals surface area contributed by atoms with E-state index >= 15 is 0 Å². The highest BCUT2D eigenvalue weighted by Crippen LogP contribution is 2.37. The molecule has 2 amide bonds. The van der Waals surface area contributed by atoms with Gasteiger partial charge in [0.05, 0.1) is 19.2 Å². The van der Waals surface area contributed by atoms with Gasteiger partial charge in [0.15, 0.2) is 11.5 Å². The third-order valence-electron chi connectivity index (χ3n) is 6.82. The Kier molecular flexibility index (Phi) is 11.2. The van der Waals surface area contributed by atoms with Gasteiger partial charge in [-0.1, -0.05) is 51.1 Å². The van der Waals surface area contributed by atoms with Crippen LogP contribution in [0.4, 0.5) is 10.5 Å². The molecule has 3 N–H and O–H groups in total. The lowest BCUT2D eigenvalue weighted by molar-refractivity contribution is 0.161. The second-order valence-corrected chi connectivity index (χ2v) is 11.5. The third kappa shape index (κ3) is 9.87. The number of carbonyl (C=O) groups is 1. The number of nitrogens with zero attached hydrogens (tertiary/aromatic N) is 2. The predicted octanol–water partition coefficient (Wildman–Crippen LogP) is 6.47. The van der Waals surface area contributed by atoms with Crippen molar-refractivity contribution in [1.29, 1.82) is 0 Å². The average molecular weight is 587 g/mol. The Morgan fingerprint density at radius 3 is 2.42 bits per heavy atom. The Labute approximate surface area is 253 Å². The van der Waals surface area contributed by atoms with Crippen LogP contribution in [0.2, 0.25) is 0 Å². The predicted molar refractivity (Wildman–Crippen MR) is 170 cm³/mol. The molecule has 1 heterocycles. The van der Waals surface area contributed by atoms with E-state index in [9.17, 15) is 9.90 Å². The van der Waals surface area contributed by atoms with E-state index in [1.165, 1.54) is 5.56 Å². The van der Waals surface area contributed by atoms with Gasteiger partial charge in [0.2, 0.25) is 0 Å². The maximum atomic E-state index is 12.2. The van der Waals surface area contributed by atoms with E-state index in [1.54, 1.807) is 43.6 Å². The highest BCUT2D eigenvalue weighted by atomic mass is 16.5. The van der Waals surface area contributed by atoms with Crippen LogP contribution < -0.4 is 24.8 Å². The topological polar surface area (TPSA) is 105 Å². The molecular weight excluding hydrogens is 544 g/mol. The van der Waals surface area contributed by atoms with E-state index in [0.29, 0.717) is 60.4 Å². The Morgan fingerprint density at radius 1 is 0.953 bits per heavy atom. The Bertz CT molecular complexity index is 1460. The average Bonchev–Trinajstić information content (AvgIpc) is 2.98. The van der Waals surface area contributed by atoms with Gasteiger partial charge >= 0.3 is 6.03 Å². The van der Waals surface area contributed by atoms with Crippen molar-refractivity contribution in [1.82, 2.24) is 15.2 Å². The lowest BCUT2D eigenvalue weighted by atomic mass is 9.92. The number of aliphatic hydroxyl groups excluding tert-OH is 1. The molecule has 228 valence electrons. The van der Waals surface area contributed by atoms with Gasteiger partial charge in [-0.2, -0.15) is 0 Å². The zero-order valence-corrected chi connectivity index (χ0v) is 25.4. The molecule has 9 heteroatoms. The number of anilines is 1. The van der Waals surface area contributed by atoms with Crippen LogP contribution in [0.5, 0.6) is 23.0 Å². The van der Waals surface area contributed by atoms with Gasteiger partial charge in [-0.3, -0.25) is 9.88 Å². The monoisotopic (exact) mass is 586 g/mol. The minimum absolute atomic E-state index is 0.0745. The molecule has 0 unspecified atom stereocenters. The number of amides is 2. The molecule has 0 aliphatic rings. The van der Waals surface area contributed by atoms with Crippen molar-refractivity contribution in [3.05, 3.63) is 84.6 Å². The molecule has 43 heavy (non-hydrogen) atoms. The second-order valence-electron chi connectivity index (χ2n) is 11.5. The number of aliphatic hydroxyl groups is 1. The maximum Gasteiger partial charge on any atom is 0.319 e. The second kappa shape index (κ2) is 15.2. The zero-order valence-electron chi connectivity index (χ0n) is 25.4. The van der Waals surface area contributed by atoms with E-state index in [-0.39, 0.29) is 18.1 Å². The van der Waals surface area contributed by atoms with Gasteiger partial charge in [-0.25, -0.2) is 4.79 Å². The number of benzene rings is 3. The number of urea groups is 1. The van der Waals surface area contributed by atoms with Gasteiger partial charge < -0.3 is 30.0 Å². The standard InChI is InChI=1S/C34H42N4O5/c1-34(2,3)15-17-36-33(40)37-26-10-12-27(13-11-26)43-30-14-16-35-29-23-32(31(41-4)22-28(29)30)42-21-19-38(18-20-39)24-25-8-6-5-7-9-25/h5-14,16,22-23,39H,15,17-21,24H2,1-4H3,(H2,36,37,40). The number of fused-ring (bicyclic) bond motifs is 1. The minimum Gasteiger partial charge on any atom is -0.493 e. The molecule has 4 aromatic rings. The smallest absolute Gasteiger partial charge is 0.319 e. The van der Waals surface area contributed by atoms with Crippen molar-refractivity contribution in [3.8, 4) is 23.0 Å². The van der Waals surface area contributed by atoms with Crippen LogP contribution in [-0.2, 0) is 6.54 Å². The van der Waals surface area contributed by atoms with E-state index in [4.69, 9.17) is 14.2 Å². The van der Waals surface area contributed by atoms with E-state index in [2.05, 4.69) is 53.4 Å². The molecule has 0 atom stereocenters. The molecule has 9 nitrogen and oxygen atoms in total. The molecule has 0 spiro atoms. The first kappa shape index (κ1) is 31.6. The summed E-state index contributed by atoms with van der Waals surface area (Å²) in [6.45, 7) is 9.44. The van der Waals surface area contributed by atoms with Crippen molar-refractivity contribution in [3.63, 3.8) is 0 Å². The number of nitrogens with one attached hydrogen (secondary N) is 2. The van der Waals surface area contributed by atoms with Crippen LogP contribution in [0.3, 0.4) is 0 Å². The molecule has 0 saturated carbocycles. The first-order chi connectivity index (χ1) is 20.7. The first-order valence-corrected chi connectivity index (χ1v) is 14.5. The summed E-state index contributed by atoms with van der Waals surface area (Å²) in [5, 5.41) is 16.0. The van der Waals surface area contributed by atoms with Crippen LogP contribution in [-0.4, -0.2) is 61.0 Å². The van der Waals surface area contributed by atoms with Crippen LogP contribution in [0.25, 0.3) is 10.9 Å². The Balaban J connectivity index is 1.38. The normalized spacial score (nSPS) is 11.4.